The summed E-state index contributed by atoms with van der Waals surface area (Å²) in [6.07, 6.45) is 1.65. The second-order valence-electron chi connectivity index (χ2n) is 4.11. The van der Waals surface area contributed by atoms with E-state index in [1.54, 1.807) is 12.3 Å². The Morgan fingerprint density at radius 1 is 1.50 bits per heavy atom. The lowest BCUT2D eigenvalue weighted by Crippen LogP contribution is -2.16. The van der Waals surface area contributed by atoms with Gasteiger partial charge in [-0.2, -0.15) is 0 Å². The number of fused-ring (bicyclic) bond motifs is 1. The third kappa shape index (κ3) is 2.60. The largest absolute Gasteiger partial charge is 0.481 e. The molecule has 0 aliphatic rings. The maximum Gasteiger partial charge on any atom is 0.304 e. The first kappa shape index (κ1) is 12.8. The van der Waals surface area contributed by atoms with Crippen LogP contribution in [0, 0.1) is 0 Å². The van der Waals surface area contributed by atoms with E-state index in [-0.39, 0.29) is 18.9 Å². The number of carboxylic acid groups (broad SMARTS) is 1. The van der Waals surface area contributed by atoms with Gasteiger partial charge in [-0.1, -0.05) is 23.7 Å². The van der Waals surface area contributed by atoms with E-state index in [0.29, 0.717) is 10.5 Å². The number of para-hydroxylation sites is 1. The molecule has 1 aromatic carbocycles. The monoisotopic (exact) mass is 264 g/mol. The number of aliphatic carboxylic acids is 1. The first-order chi connectivity index (χ1) is 8.61. The summed E-state index contributed by atoms with van der Waals surface area (Å²) >= 11 is 6.03. The van der Waals surface area contributed by atoms with Crippen LogP contribution in [0.3, 0.4) is 0 Å². The highest BCUT2D eigenvalue weighted by atomic mass is 35.5. The molecule has 0 aliphatic carbocycles. The van der Waals surface area contributed by atoms with Crippen LogP contribution in [-0.4, -0.2) is 22.6 Å². The zero-order valence-corrected chi connectivity index (χ0v) is 10.4. The summed E-state index contributed by atoms with van der Waals surface area (Å²) in [4.78, 5) is 15.0. The quantitative estimate of drug-likeness (QED) is 0.889. The molecule has 0 bridgehead atoms. The van der Waals surface area contributed by atoms with Crippen LogP contribution in [0.4, 0.5) is 0 Å². The van der Waals surface area contributed by atoms with Gasteiger partial charge in [0, 0.05) is 17.5 Å². The minimum atomic E-state index is -0.864. The maximum atomic E-state index is 10.8. The van der Waals surface area contributed by atoms with Crippen molar-refractivity contribution >= 4 is 28.5 Å². The van der Waals surface area contributed by atoms with Crippen molar-refractivity contribution in [2.24, 2.45) is 5.73 Å². The molecular formula is C13H13ClN2O2. The van der Waals surface area contributed by atoms with E-state index in [1.165, 1.54) is 0 Å². The highest BCUT2D eigenvalue weighted by molar-refractivity contribution is 6.35. The number of carboxylic acids is 1. The van der Waals surface area contributed by atoms with Crippen LogP contribution < -0.4 is 5.73 Å². The molecule has 5 heteroatoms. The van der Waals surface area contributed by atoms with E-state index >= 15 is 0 Å². The first-order valence-electron chi connectivity index (χ1n) is 5.58. The van der Waals surface area contributed by atoms with Crippen molar-refractivity contribution in [3.05, 3.63) is 41.0 Å². The van der Waals surface area contributed by atoms with Crippen molar-refractivity contribution in [3.8, 4) is 0 Å². The number of nitrogens with zero attached hydrogens (tertiary/aromatic N) is 1. The van der Waals surface area contributed by atoms with Crippen molar-refractivity contribution in [2.75, 3.05) is 6.54 Å². The van der Waals surface area contributed by atoms with Crippen molar-refractivity contribution in [2.45, 2.75) is 12.3 Å². The van der Waals surface area contributed by atoms with Gasteiger partial charge in [0.1, 0.15) is 0 Å². The number of aromatic nitrogens is 1. The Hall–Kier alpha value is -1.65. The molecule has 18 heavy (non-hydrogen) atoms. The molecule has 0 aliphatic heterocycles. The molecule has 2 aromatic rings. The van der Waals surface area contributed by atoms with Gasteiger partial charge in [-0.3, -0.25) is 9.78 Å². The van der Waals surface area contributed by atoms with Crippen LogP contribution in [0.15, 0.2) is 30.5 Å². The third-order valence-corrected chi connectivity index (χ3v) is 3.16. The van der Waals surface area contributed by atoms with Crippen molar-refractivity contribution in [1.29, 1.82) is 0 Å². The summed E-state index contributed by atoms with van der Waals surface area (Å²) in [7, 11) is 0. The third-order valence-electron chi connectivity index (χ3n) is 2.86. The number of rotatable bonds is 4. The van der Waals surface area contributed by atoms with E-state index in [0.717, 1.165) is 10.9 Å². The summed E-state index contributed by atoms with van der Waals surface area (Å²) < 4.78 is 0. The molecule has 1 atom stereocenters. The molecule has 1 unspecified atom stereocenters. The smallest absolute Gasteiger partial charge is 0.304 e. The van der Waals surface area contributed by atoms with E-state index < -0.39 is 5.97 Å². The van der Waals surface area contributed by atoms with E-state index in [9.17, 15) is 4.79 Å². The van der Waals surface area contributed by atoms with Crippen molar-refractivity contribution in [3.63, 3.8) is 0 Å². The molecule has 0 spiro atoms. The van der Waals surface area contributed by atoms with Gasteiger partial charge in [0.25, 0.3) is 0 Å². The molecule has 94 valence electrons. The Morgan fingerprint density at radius 2 is 2.28 bits per heavy atom. The highest BCUT2D eigenvalue weighted by Gasteiger charge is 2.15. The van der Waals surface area contributed by atoms with E-state index in [2.05, 4.69) is 4.98 Å². The molecule has 4 nitrogen and oxygen atoms in total. The van der Waals surface area contributed by atoms with Gasteiger partial charge >= 0.3 is 5.97 Å². The molecule has 1 heterocycles. The Morgan fingerprint density at radius 3 is 2.94 bits per heavy atom. The van der Waals surface area contributed by atoms with Gasteiger partial charge in [0.15, 0.2) is 0 Å². The second-order valence-corrected chi connectivity index (χ2v) is 4.52. The van der Waals surface area contributed by atoms with Crippen molar-refractivity contribution < 1.29 is 9.90 Å². The predicted octanol–water partition coefficient (Wildman–Crippen LogP) is 2.41. The number of nitrogens with two attached hydrogens (primary N) is 1. The van der Waals surface area contributed by atoms with Crippen LogP contribution in [0.5, 0.6) is 0 Å². The van der Waals surface area contributed by atoms with Gasteiger partial charge in [0.2, 0.25) is 0 Å². The topological polar surface area (TPSA) is 76.2 Å². The summed E-state index contributed by atoms with van der Waals surface area (Å²) in [5.74, 6) is -1.09. The molecule has 0 amide bonds. The number of benzene rings is 1. The second kappa shape index (κ2) is 5.33. The fraction of sp³-hybridized carbons (Fsp3) is 0.231. The molecule has 3 N–H and O–H groups in total. The van der Waals surface area contributed by atoms with Crippen LogP contribution in [0.25, 0.3) is 10.9 Å². The fourth-order valence-electron chi connectivity index (χ4n) is 1.91. The van der Waals surface area contributed by atoms with E-state index in [4.69, 9.17) is 22.4 Å². The number of hydrogen-bond donors (Lipinski definition) is 2. The Bertz CT molecular complexity index is 586. The summed E-state index contributed by atoms with van der Waals surface area (Å²) in [6.45, 7) is 0.278. The molecular weight excluding hydrogens is 252 g/mol. The molecule has 0 saturated carbocycles. The number of pyridine rings is 1. The molecule has 1 aromatic heterocycles. The van der Waals surface area contributed by atoms with Crippen LogP contribution >= 0.6 is 11.6 Å². The van der Waals surface area contributed by atoms with E-state index in [1.807, 2.05) is 18.2 Å². The van der Waals surface area contributed by atoms with Gasteiger partial charge in [-0.25, -0.2) is 0 Å². The lowest BCUT2D eigenvalue weighted by molar-refractivity contribution is -0.137. The number of carbonyl (C=O) groups is 1. The van der Waals surface area contributed by atoms with Gasteiger partial charge in [0.05, 0.1) is 17.0 Å². The average Bonchev–Trinajstić information content (AvgIpc) is 2.35. The van der Waals surface area contributed by atoms with Gasteiger partial charge in [-0.15, -0.1) is 0 Å². The number of halogens is 1. The predicted molar refractivity (Wildman–Crippen MR) is 70.8 cm³/mol. The normalized spacial score (nSPS) is 12.6. The number of hydrogen-bond acceptors (Lipinski definition) is 3. The first-order valence-corrected chi connectivity index (χ1v) is 5.95. The zero-order valence-electron chi connectivity index (χ0n) is 9.64. The minimum Gasteiger partial charge on any atom is -0.481 e. The molecule has 0 radical (unpaired) electrons. The zero-order chi connectivity index (χ0) is 13.1. The summed E-state index contributed by atoms with van der Waals surface area (Å²) in [5.41, 5.74) is 7.15. The Balaban J connectivity index is 2.42. The van der Waals surface area contributed by atoms with Gasteiger partial charge in [-0.05, 0) is 24.2 Å². The van der Waals surface area contributed by atoms with Gasteiger partial charge < -0.3 is 10.8 Å². The molecule has 2 rings (SSSR count). The van der Waals surface area contributed by atoms with Crippen molar-refractivity contribution in [1.82, 2.24) is 4.98 Å². The standard InChI is InChI=1S/C13H13ClN2O2/c14-11-3-1-2-8-4-10(7-16-13(8)11)9(6-15)5-12(17)18/h1-4,7,9H,5-6,15H2,(H,17,18). The fourth-order valence-corrected chi connectivity index (χ4v) is 2.14. The molecule has 0 saturated heterocycles. The Labute approximate surface area is 109 Å². The minimum absolute atomic E-state index is 0.00422. The lowest BCUT2D eigenvalue weighted by Gasteiger charge is -2.13. The van der Waals surface area contributed by atoms with Crippen LogP contribution in [-0.2, 0) is 4.79 Å². The SMILES string of the molecule is NCC(CC(=O)O)c1cnc2c(Cl)cccc2c1. The Kier molecular flexibility index (Phi) is 3.79. The van der Waals surface area contributed by atoms with Crippen LogP contribution in [0.2, 0.25) is 5.02 Å². The maximum absolute atomic E-state index is 10.8. The van der Waals surface area contributed by atoms with Crippen LogP contribution in [0.1, 0.15) is 17.9 Å². The lowest BCUT2D eigenvalue weighted by atomic mass is 9.96. The highest BCUT2D eigenvalue weighted by Crippen LogP contribution is 2.25. The summed E-state index contributed by atoms with van der Waals surface area (Å²) in [5, 5.41) is 10.3. The average molecular weight is 265 g/mol. The summed E-state index contributed by atoms with van der Waals surface area (Å²) in [6, 6.07) is 7.40. The molecule has 0 fully saturated rings.